The van der Waals surface area contributed by atoms with Gasteiger partial charge in [-0.1, -0.05) is 0 Å². The lowest BCUT2D eigenvalue weighted by Gasteiger charge is -2.13. The van der Waals surface area contributed by atoms with Crippen molar-refractivity contribution in [3.63, 3.8) is 0 Å². The monoisotopic (exact) mass is 401 g/mol. The Labute approximate surface area is 170 Å². The smallest absolute Gasteiger partial charge is 0.338 e. The molecule has 1 N–H and O–H groups in total. The van der Waals surface area contributed by atoms with E-state index in [1.807, 2.05) is 31.2 Å². The molecule has 0 bridgehead atoms. The number of carbonyl (C=O) groups is 2. The fourth-order valence-corrected chi connectivity index (χ4v) is 2.55. The number of amides is 1. The Morgan fingerprint density at radius 3 is 2.31 bits per heavy atom. The average molecular weight is 401 g/mol. The summed E-state index contributed by atoms with van der Waals surface area (Å²) in [6.07, 6.45) is 0.851. The van der Waals surface area contributed by atoms with Crippen molar-refractivity contribution in [3.05, 3.63) is 48.0 Å². The summed E-state index contributed by atoms with van der Waals surface area (Å²) in [5.74, 6) is 1.33. The van der Waals surface area contributed by atoms with Gasteiger partial charge in [0, 0.05) is 6.42 Å². The lowest BCUT2D eigenvalue weighted by atomic mass is 10.2. The highest BCUT2D eigenvalue weighted by Gasteiger charge is 2.13. The minimum Gasteiger partial charge on any atom is -0.497 e. The fraction of sp³-hybridized carbons (Fsp3) is 0.364. The third-order valence-electron chi connectivity index (χ3n) is 3.94. The van der Waals surface area contributed by atoms with E-state index in [0.717, 1.165) is 11.5 Å². The van der Waals surface area contributed by atoms with Crippen molar-refractivity contribution in [3.8, 4) is 17.2 Å². The van der Waals surface area contributed by atoms with Crippen molar-refractivity contribution in [2.45, 2.75) is 26.7 Å². The largest absolute Gasteiger partial charge is 0.497 e. The molecule has 0 unspecified atom stereocenters. The predicted molar refractivity (Wildman–Crippen MR) is 110 cm³/mol. The first-order chi connectivity index (χ1) is 14.1. The van der Waals surface area contributed by atoms with Gasteiger partial charge in [0.05, 0.1) is 38.2 Å². The van der Waals surface area contributed by atoms with E-state index in [9.17, 15) is 9.59 Å². The second-order valence-electron chi connectivity index (χ2n) is 6.04. The number of hydrogen-bond acceptors (Lipinski definition) is 6. The van der Waals surface area contributed by atoms with Crippen molar-refractivity contribution >= 4 is 17.6 Å². The summed E-state index contributed by atoms with van der Waals surface area (Å²) in [5.41, 5.74) is 0.891. The summed E-state index contributed by atoms with van der Waals surface area (Å²) in [5, 5.41) is 2.82. The number of carbonyl (C=O) groups excluding carboxylic acids is 2. The standard InChI is InChI=1S/C22H27NO6/c1-4-27-20-15-16(22(25)28-5-2)8-13-19(20)23-21(24)7-6-14-29-18-11-9-17(26-3)10-12-18/h8-13,15H,4-7,14H2,1-3H3,(H,23,24). The molecule has 2 aromatic rings. The third-order valence-corrected chi connectivity index (χ3v) is 3.94. The molecule has 0 heterocycles. The van der Waals surface area contributed by atoms with Gasteiger partial charge in [-0.3, -0.25) is 4.79 Å². The molecule has 0 saturated heterocycles. The van der Waals surface area contributed by atoms with Crippen molar-refractivity contribution in [2.75, 3.05) is 32.2 Å². The zero-order valence-electron chi connectivity index (χ0n) is 17.0. The van der Waals surface area contributed by atoms with Gasteiger partial charge in [-0.25, -0.2) is 4.79 Å². The summed E-state index contributed by atoms with van der Waals surface area (Å²) < 4.78 is 21.3. The van der Waals surface area contributed by atoms with Crippen LogP contribution in [0.4, 0.5) is 5.69 Å². The molecule has 0 aliphatic carbocycles. The zero-order valence-corrected chi connectivity index (χ0v) is 17.0. The van der Waals surface area contributed by atoms with Gasteiger partial charge in [-0.05, 0) is 62.7 Å². The lowest BCUT2D eigenvalue weighted by molar-refractivity contribution is -0.116. The van der Waals surface area contributed by atoms with E-state index in [0.29, 0.717) is 49.7 Å². The Kier molecular flexibility index (Phi) is 8.82. The van der Waals surface area contributed by atoms with Crippen LogP contribution in [-0.2, 0) is 9.53 Å². The van der Waals surface area contributed by atoms with E-state index in [1.165, 1.54) is 0 Å². The van der Waals surface area contributed by atoms with E-state index in [-0.39, 0.29) is 5.91 Å². The Balaban J connectivity index is 1.86. The van der Waals surface area contributed by atoms with Gasteiger partial charge >= 0.3 is 5.97 Å². The van der Waals surface area contributed by atoms with Crippen LogP contribution >= 0.6 is 0 Å². The van der Waals surface area contributed by atoms with Gasteiger partial charge in [0.2, 0.25) is 5.91 Å². The van der Waals surface area contributed by atoms with E-state index in [2.05, 4.69) is 5.32 Å². The number of methoxy groups -OCH3 is 1. The van der Waals surface area contributed by atoms with Gasteiger partial charge in [0.15, 0.2) is 0 Å². The van der Waals surface area contributed by atoms with E-state index >= 15 is 0 Å². The maximum absolute atomic E-state index is 12.3. The minimum absolute atomic E-state index is 0.159. The molecule has 0 aliphatic rings. The van der Waals surface area contributed by atoms with Crippen molar-refractivity contribution in [1.82, 2.24) is 0 Å². The Morgan fingerprint density at radius 1 is 0.931 bits per heavy atom. The topological polar surface area (TPSA) is 83.1 Å². The molecule has 7 heteroatoms. The highest BCUT2D eigenvalue weighted by Crippen LogP contribution is 2.27. The Hall–Kier alpha value is -3.22. The number of hydrogen-bond donors (Lipinski definition) is 1. The molecule has 2 aromatic carbocycles. The van der Waals surface area contributed by atoms with Crippen molar-refractivity contribution < 1.29 is 28.5 Å². The molecule has 7 nitrogen and oxygen atoms in total. The molecular formula is C22H27NO6. The summed E-state index contributed by atoms with van der Waals surface area (Å²) in [7, 11) is 1.61. The zero-order chi connectivity index (χ0) is 21.1. The first-order valence-electron chi connectivity index (χ1n) is 9.58. The number of ether oxygens (including phenoxy) is 4. The number of benzene rings is 2. The average Bonchev–Trinajstić information content (AvgIpc) is 2.73. The van der Waals surface area contributed by atoms with E-state index < -0.39 is 5.97 Å². The van der Waals surface area contributed by atoms with Crippen LogP contribution in [0.15, 0.2) is 42.5 Å². The molecule has 0 spiro atoms. The van der Waals surface area contributed by atoms with Crippen LogP contribution in [0, 0.1) is 0 Å². The van der Waals surface area contributed by atoms with Gasteiger partial charge < -0.3 is 24.3 Å². The molecular weight excluding hydrogens is 374 g/mol. The number of anilines is 1. The molecule has 1 amide bonds. The van der Waals surface area contributed by atoms with Gasteiger partial charge in [-0.15, -0.1) is 0 Å². The summed E-state index contributed by atoms with van der Waals surface area (Å²) in [6.45, 7) is 4.69. The minimum atomic E-state index is -0.429. The lowest BCUT2D eigenvalue weighted by Crippen LogP contribution is -2.14. The molecule has 0 aliphatic heterocycles. The SMILES string of the molecule is CCOC(=O)c1ccc(NC(=O)CCCOc2ccc(OC)cc2)c(OCC)c1. The van der Waals surface area contributed by atoms with Crippen LogP contribution in [0.5, 0.6) is 17.2 Å². The van der Waals surface area contributed by atoms with Crippen molar-refractivity contribution in [1.29, 1.82) is 0 Å². The number of esters is 1. The quantitative estimate of drug-likeness (QED) is 0.451. The van der Waals surface area contributed by atoms with E-state index in [4.69, 9.17) is 18.9 Å². The number of nitrogens with one attached hydrogen (secondary N) is 1. The molecule has 0 atom stereocenters. The maximum Gasteiger partial charge on any atom is 0.338 e. The highest BCUT2D eigenvalue weighted by molar-refractivity contribution is 5.95. The fourth-order valence-electron chi connectivity index (χ4n) is 2.55. The normalized spacial score (nSPS) is 10.2. The molecule has 0 radical (unpaired) electrons. The second kappa shape index (κ2) is 11.6. The first-order valence-corrected chi connectivity index (χ1v) is 9.58. The molecule has 156 valence electrons. The predicted octanol–water partition coefficient (Wildman–Crippen LogP) is 4.07. The Morgan fingerprint density at radius 2 is 1.66 bits per heavy atom. The van der Waals surface area contributed by atoms with Crippen LogP contribution < -0.4 is 19.5 Å². The molecule has 2 rings (SSSR count). The van der Waals surface area contributed by atoms with Crippen LogP contribution in [0.3, 0.4) is 0 Å². The summed E-state index contributed by atoms with van der Waals surface area (Å²) in [6, 6.07) is 12.1. The van der Waals surface area contributed by atoms with Crippen LogP contribution in [0.2, 0.25) is 0 Å². The van der Waals surface area contributed by atoms with Crippen LogP contribution in [0.1, 0.15) is 37.0 Å². The van der Waals surface area contributed by atoms with Crippen LogP contribution in [0.25, 0.3) is 0 Å². The molecule has 0 saturated carbocycles. The summed E-state index contributed by atoms with van der Waals surface area (Å²) >= 11 is 0. The Bertz CT molecular complexity index is 803. The van der Waals surface area contributed by atoms with Crippen molar-refractivity contribution in [2.24, 2.45) is 0 Å². The molecule has 0 aromatic heterocycles. The van der Waals surface area contributed by atoms with Gasteiger partial charge in [0.1, 0.15) is 17.2 Å². The third kappa shape index (κ3) is 7.03. The van der Waals surface area contributed by atoms with Gasteiger partial charge in [-0.2, -0.15) is 0 Å². The van der Waals surface area contributed by atoms with Gasteiger partial charge in [0.25, 0.3) is 0 Å². The molecule has 0 fully saturated rings. The first kappa shape index (κ1) is 22.1. The summed E-state index contributed by atoms with van der Waals surface area (Å²) in [4.78, 5) is 24.1. The number of rotatable bonds is 11. The van der Waals surface area contributed by atoms with Crippen LogP contribution in [-0.4, -0.2) is 38.8 Å². The molecule has 29 heavy (non-hydrogen) atoms. The van der Waals surface area contributed by atoms with E-state index in [1.54, 1.807) is 32.2 Å². The highest BCUT2D eigenvalue weighted by atomic mass is 16.5. The maximum atomic E-state index is 12.3. The second-order valence-corrected chi connectivity index (χ2v) is 6.04.